The first-order chi connectivity index (χ1) is 11.8. The first-order valence-corrected chi connectivity index (χ1v) is 9.08. The van der Waals surface area contributed by atoms with Crippen molar-refractivity contribution in [1.29, 1.82) is 0 Å². The van der Waals surface area contributed by atoms with Gasteiger partial charge in [0.15, 0.2) is 0 Å². The number of carbonyl (C=O) groups is 1. The lowest BCUT2D eigenvalue weighted by Gasteiger charge is -2.31. The van der Waals surface area contributed by atoms with Gasteiger partial charge in [-0.25, -0.2) is 22.0 Å². The van der Waals surface area contributed by atoms with Crippen LogP contribution >= 0.6 is 0 Å². The van der Waals surface area contributed by atoms with E-state index in [2.05, 4.69) is 4.74 Å². The minimum absolute atomic E-state index is 0.116. The molecule has 8 heteroatoms. The van der Waals surface area contributed by atoms with Gasteiger partial charge in [-0.3, -0.25) is 4.31 Å². The van der Waals surface area contributed by atoms with Crippen LogP contribution in [-0.2, 0) is 27.7 Å². The Labute approximate surface area is 143 Å². The lowest BCUT2D eigenvalue weighted by atomic mass is 10.1. The maximum Gasteiger partial charge on any atom is 0.337 e. The number of carbonyl (C=O) groups excluding carboxylic acids is 1. The van der Waals surface area contributed by atoms with Gasteiger partial charge in [0.05, 0.1) is 30.7 Å². The molecule has 0 spiro atoms. The molecule has 5 nitrogen and oxygen atoms in total. The van der Waals surface area contributed by atoms with Crippen molar-refractivity contribution in [2.45, 2.75) is 13.0 Å². The van der Waals surface area contributed by atoms with E-state index in [0.29, 0.717) is 12.1 Å². The molecule has 132 valence electrons. The molecule has 0 unspecified atom stereocenters. The number of anilines is 1. The zero-order valence-corrected chi connectivity index (χ0v) is 14.1. The Balaban J connectivity index is 2.07. The van der Waals surface area contributed by atoms with Crippen LogP contribution in [-0.4, -0.2) is 27.2 Å². The van der Waals surface area contributed by atoms with Crippen LogP contribution < -0.4 is 4.31 Å². The quantitative estimate of drug-likeness (QED) is 0.783. The predicted octanol–water partition coefficient (Wildman–Crippen LogP) is 2.64. The van der Waals surface area contributed by atoms with E-state index in [0.717, 1.165) is 28.1 Å². The number of nitrogens with zero attached hydrogens (tertiary/aromatic N) is 1. The van der Waals surface area contributed by atoms with Crippen LogP contribution in [0.2, 0.25) is 0 Å². The number of hydrogen-bond acceptors (Lipinski definition) is 4. The molecule has 1 heterocycles. The molecule has 0 radical (unpaired) electrons. The fourth-order valence-corrected chi connectivity index (χ4v) is 4.32. The molecule has 25 heavy (non-hydrogen) atoms. The minimum atomic E-state index is -3.67. The molecule has 1 aliphatic heterocycles. The van der Waals surface area contributed by atoms with Crippen molar-refractivity contribution < 1.29 is 26.7 Å². The average Bonchev–Trinajstić information content (AvgIpc) is 2.55. The summed E-state index contributed by atoms with van der Waals surface area (Å²) in [6.45, 7) is -0.228. The summed E-state index contributed by atoms with van der Waals surface area (Å²) in [5.74, 6) is -2.28. The van der Waals surface area contributed by atoms with Gasteiger partial charge in [0, 0.05) is 6.07 Å². The van der Waals surface area contributed by atoms with Gasteiger partial charge in [0.25, 0.3) is 0 Å². The molecule has 0 saturated carbocycles. The maximum atomic E-state index is 13.4. The number of ether oxygens (including phenoxy) is 1. The Bertz CT molecular complexity index is 923. The Morgan fingerprint density at radius 1 is 1.16 bits per heavy atom. The molecule has 3 rings (SSSR count). The molecular formula is C17H15F2NO4S. The van der Waals surface area contributed by atoms with E-state index in [9.17, 15) is 22.0 Å². The molecule has 0 aliphatic carbocycles. The van der Waals surface area contributed by atoms with Crippen LogP contribution in [0.15, 0.2) is 36.4 Å². The number of sulfonamides is 1. The molecule has 0 N–H and O–H groups in total. The second-order valence-electron chi connectivity index (χ2n) is 5.69. The zero-order chi connectivity index (χ0) is 18.2. The van der Waals surface area contributed by atoms with Gasteiger partial charge in [-0.1, -0.05) is 6.07 Å². The van der Waals surface area contributed by atoms with Crippen LogP contribution in [0, 0.1) is 11.6 Å². The van der Waals surface area contributed by atoms with E-state index in [1.807, 2.05) is 0 Å². The largest absolute Gasteiger partial charge is 0.465 e. The van der Waals surface area contributed by atoms with Crippen LogP contribution in [0.5, 0.6) is 0 Å². The summed E-state index contributed by atoms with van der Waals surface area (Å²) in [6.07, 6.45) is 0.299. The fraction of sp³-hybridized carbons (Fsp3) is 0.235. The second kappa shape index (κ2) is 6.44. The lowest BCUT2D eigenvalue weighted by Crippen LogP contribution is -2.37. The van der Waals surface area contributed by atoms with E-state index in [1.54, 1.807) is 12.1 Å². The van der Waals surface area contributed by atoms with Crippen molar-refractivity contribution in [3.05, 3.63) is 64.7 Å². The number of aryl methyl sites for hydroxylation is 1. The Morgan fingerprint density at radius 3 is 2.48 bits per heavy atom. The standard InChI is InChI=1S/C17H15F2NO4S/c1-24-17(21)13-3-2-12-4-5-25(22,23)20(16(12)8-13)10-11-6-14(18)9-15(19)7-11/h2-3,6-9H,4-5,10H2,1H3. The molecule has 0 fully saturated rings. The van der Waals surface area contributed by atoms with Crippen molar-refractivity contribution in [2.75, 3.05) is 17.2 Å². The normalized spacial score (nSPS) is 15.6. The van der Waals surface area contributed by atoms with Gasteiger partial charge >= 0.3 is 5.97 Å². The van der Waals surface area contributed by atoms with Crippen LogP contribution in [0.1, 0.15) is 21.5 Å². The summed E-state index contributed by atoms with van der Waals surface area (Å²) >= 11 is 0. The molecule has 2 aromatic rings. The highest BCUT2D eigenvalue weighted by Gasteiger charge is 2.30. The molecule has 1 aliphatic rings. The fourth-order valence-electron chi connectivity index (χ4n) is 2.80. The van der Waals surface area contributed by atoms with E-state index < -0.39 is 27.6 Å². The van der Waals surface area contributed by atoms with Crippen molar-refractivity contribution >= 4 is 21.7 Å². The Hall–Kier alpha value is -2.48. The van der Waals surface area contributed by atoms with Crippen LogP contribution in [0.4, 0.5) is 14.5 Å². The van der Waals surface area contributed by atoms with E-state index in [-0.39, 0.29) is 23.4 Å². The summed E-state index contributed by atoms with van der Waals surface area (Å²) in [4.78, 5) is 11.7. The number of halogens is 2. The lowest BCUT2D eigenvalue weighted by molar-refractivity contribution is 0.0600. The summed E-state index contributed by atoms with van der Waals surface area (Å²) in [6, 6.07) is 7.52. The number of hydrogen-bond donors (Lipinski definition) is 0. The Kier molecular flexibility index (Phi) is 4.47. The second-order valence-corrected chi connectivity index (χ2v) is 7.70. The number of rotatable bonds is 3. The van der Waals surface area contributed by atoms with E-state index in [1.165, 1.54) is 13.2 Å². The Morgan fingerprint density at radius 2 is 1.84 bits per heavy atom. The van der Waals surface area contributed by atoms with E-state index >= 15 is 0 Å². The van der Waals surface area contributed by atoms with Crippen molar-refractivity contribution in [2.24, 2.45) is 0 Å². The van der Waals surface area contributed by atoms with Gasteiger partial charge in [-0.15, -0.1) is 0 Å². The first-order valence-electron chi connectivity index (χ1n) is 7.47. The molecule has 0 bridgehead atoms. The molecule has 0 atom stereocenters. The molecule has 0 amide bonds. The van der Waals surface area contributed by atoms with Gasteiger partial charge in [-0.05, 0) is 41.8 Å². The number of benzene rings is 2. The highest BCUT2D eigenvalue weighted by molar-refractivity contribution is 7.92. The minimum Gasteiger partial charge on any atom is -0.465 e. The maximum absolute atomic E-state index is 13.4. The van der Waals surface area contributed by atoms with Gasteiger partial charge in [0.1, 0.15) is 11.6 Å². The zero-order valence-electron chi connectivity index (χ0n) is 13.3. The number of esters is 1. The predicted molar refractivity (Wildman–Crippen MR) is 87.8 cm³/mol. The summed E-state index contributed by atoms with van der Waals surface area (Å²) in [7, 11) is -2.45. The monoisotopic (exact) mass is 367 g/mol. The summed E-state index contributed by atoms with van der Waals surface area (Å²) in [5, 5.41) is 0. The third kappa shape index (κ3) is 3.48. The van der Waals surface area contributed by atoms with Crippen LogP contribution in [0.25, 0.3) is 0 Å². The molecule has 0 saturated heterocycles. The van der Waals surface area contributed by atoms with Gasteiger partial charge < -0.3 is 4.74 Å². The average molecular weight is 367 g/mol. The third-order valence-corrected chi connectivity index (χ3v) is 5.71. The highest BCUT2D eigenvalue weighted by Crippen LogP contribution is 2.32. The van der Waals surface area contributed by atoms with Crippen molar-refractivity contribution in [3.63, 3.8) is 0 Å². The number of fused-ring (bicyclic) bond motifs is 1. The van der Waals surface area contributed by atoms with E-state index in [4.69, 9.17) is 0 Å². The topological polar surface area (TPSA) is 63.7 Å². The van der Waals surface area contributed by atoms with Gasteiger partial charge in [-0.2, -0.15) is 0 Å². The third-order valence-electron chi connectivity index (χ3n) is 3.99. The first kappa shape index (κ1) is 17.3. The highest BCUT2D eigenvalue weighted by atomic mass is 32.2. The summed E-state index contributed by atoms with van der Waals surface area (Å²) in [5.41, 5.74) is 1.43. The number of methoxy groups -OCH3 is 1. The molecule has 0 aromatic heterocycles. The molecular weight excluding hydrogens is 352 g/mol. The smallest absolute Gasteiger partial charge is 0.337 e. The van der Waals surface area contributed by atoms with Gasteiger partial charge in [0.2, 0.25) is 10.0 Å². The molecule has 2 aromatic carbocycles. The van der Waals surface area contributed by atoms with Crippen LogP contribution in [0.3, 0.4) is 0 Å². The SMILES string of the molecule is COC(=O)c1ccc2c(c1)N(Cc1cc(F)cc(F)c1)S(=O)(=O)CC2. The summed E-state index contributed by atoms with van der Waals surface area (Å²) < 4.78 is 57.6. The van der Waals surface area contributed by atoms with Crippen molar-refractivity contribution in [1.82, 2.24) is 0 Å². The van der Waals surface area contributed by atoms with Crippen molar-refractivity contribution in [3.8, 4) is 0 Å².